The Bertz CT molecular complexity index is 963. The van der Waals surface area contributed by atoms with Crippen LogP contribution in [0.1, 0.15) is 19.8 Å². The molecule has 1 fully saturated rings. The first-order valence-corrected chi connectivity index (χ1v) is 10.8. The molecule has 31 heavy (non-hydrogen) atoms. The van der Waals surface area contributed by atoms with Crippen LogP contribution in [0.5, 0.6) is 0 Å². The predicted octanol–water partition coefficient (Wildman–Crippen LogP) is 2.07. The summed E-state index contributed by atoms with van der Waals surface area (Å²) in [6.45, 7) is 4.86. The number of piperidine rings is 1. The Morgan fingerprint density at radius 1 is 1.29 bits per heavy atom. The molecule has 3 heterocycles. The number of aromatic amines is 1. The average Bonchev–Trinajstić information content (AvgIpc) is 2.81. The Morgan fingerprint density at radius 2 is 2.06 bits per heavy atom. The molecule has 3 rings (SSSR count). The summed E-state index contributed by atoms with van der Waals surface area (Å²) in [5.74, 6) is 0.827. The van der Waals surface area contributed by atoms with Crippen LogP contribution in [0, 0.1) is 0 Å². The monoisotopic (exact) mass is 424 g/mol. The first-order valence-electron chi connectivity index (χ1n) is 10.8. The minimum Gasteiger partial charge on any atom is -0.373 e. The summed E-state index contributed by atoms with van der Waals surface area (Å²) in [5, 5.41) is 6.04. The van der Waals surface area contributed by atoms with Gasteiger partial charge in [0.05, 0.1) is 0 Å². The van der Waals surface area contributed by atoms with Gasteiger partial charge in [0.2, 0.25) is 5.91 Å². The molecule has 1 aliphatic heterocycles. The lowest BCUT2D eigenvalue weighted by Gasteiger charge is -2.38. The van der Waals surface area contributed by atoms with Crippen molar-refractivity contribution in [2.24, 2.45) is 0 Å². The first-order chi connectivity index (χ1) is 15.1. The lowest BCUT2D eigenvalue weighted by molar-refractivity contribution is -0.127. The number of aromatic nitrogens is 2. The highest BCUT2D eigenvalue weighted by molar-refractivity contribution is 5.87. The van der Waals surface area contributed by atoms with Gasteiger partial charge < -0.3 is 25.4 Å². The summed E-state index contributed by atoms with van der Waals surface area (Å²) < 4.78 is 0. The molecule has 0 radical (unpaired) electrons. The molecular formula is C23H32N6O2. The van der Waals surface area contributed by atoms with Gasteiger partial charge in [-0.1, -0.05) is 6.08 Å². The highest BCUT2D eigenvalue weighted by Crippen LogP contribution is 2.26. The number of nitrogens with zero attached hydrogens (tertiary/aromatic N) is 3. The number of hydrogen-bond donors (Lipinski definition) is 3. The van der Waals surface area contributed by atoms with Crippen LogP contribution in [-0.2, 0) is 4.79 Å². The van der Waals surface area contributed by atoms with Crippen molar-refractivity contribution < 1.29 is 4.79 Å². The smallest absolute Gasteiger partial charge is 0.271 e. The number of nitrogens with one attached hydrogen (secondary N) is 3. The number of likely N-dealkylation sites (tertiary alicyclic amines) is 1. The van der Waals surface area contributed by atoms with Gasteiger partial charge in [-0.25, -0.2) is 4.98 Å². The lowest BCUT2D eigenvalue weighted by atomic mass is 10.0. The molecule has 0 aromatic carbocycles. The molecule has 2 aromatic rings. The first kappa shape index (κ1) is 22.6. The molecule has 0 unspecified atom stereocenters. The number of carbonyl (C=O) groups excluding carboxylic acids is 1. The topological polar surface area (TPSA) is 93.4 Å². The molecule has 3 N–H and O–H groups in total. The molecule has 0 spiro atoms. The number of likely N-dealkylation sites (N-methyl/N-ethyl adjacent to an activating group) is 1. The minimum absolute atomic E-state index is 0.0506. The molecule has 0 saturated carbocycles. The minimum atomic E-state index is -0.0954. The highest BCUT2D eigenvalue weighted by Gasteiger charge is 2.27. The van der Waals surface area contributed by atoms with Gasteiger partial charge in [0.1, 0.15) is 11.5 Å². The van der Waals surface area contributed by atoms with Gasteiger partial charge >= 0.3 is 0 Å². The summed E-state index contributed by atoms with van der Waals surface area (Å²) >= 11 is 0. The molecule has 0 bridgehead atoms. The van der Waals surface area contributed by atoms with Gasteiger partial charge in [0, 0.05) is 63.3 Å². The largest absolute Gasteiger partial charge is 0.373 e. The third kappa shape index (κ3) is 5.52. The molecule has 0 atom stereocenters. The molecule has 166 valence electrons. The van der Waals surface area contributed by atoms with Crippen molar-refractivity contribution in [3.05, 3.63) is 53.1 Å². The second-order valence-electron chi connectivity index (χ2n) is 7.58. The molecule has 0 aliphatic carbocycles. The summed E-state index contributed by atoms with van der Waals surface area (Å²) in [6, 6.07) is 6.06. The molecule has 2 aromatic heterocycles. The SMILES string of the molecule is CCN(c1cc(-c2ccnc(NC)c2)c[nH]c1=O)C1CCN(C(=O)/C=C/CNC)CC1. The number of H-pyrrole nitrogens is 1. The molecular weight excluding hydrogens is 392 g/mol. The lowest BCUT2D eigenvalue weighted by Crippen LogP contribution is -2.47. The van der Waals surface area contributed by atoms with Crippen molar-refractivity contribution in [2.45, 2.75) is 25.8 Å². The Labute approximate surface area is 183 Å². The van der Waals surface area contributed by atoms with Crippen molar-refractivity contribution in [3.63, 3.8) is 0 Å². The van der Waals surface area contributed by atoms with E-state index in [1.165, 1.54) is 0 Å². The van der Waals surface area contributed by atoms with E-state index in [0.717, 1.165) is 36.3 Å². The Hall–Kier alpha value is -3.13. The molecule has 1 aliphatic rings. The second-order valence-corrected chi connectivity index (χ2v) is 7.58. The number of rotatable bonds is 8. The fourth-order valence-corrected chi connectivity index (χ4v) is 4.00. The number of carbonyl (C=O) groups is 1. The third-order valence-corrected chi connectivity index (χ3v) is 5.68. The van der Waals surface area contributed by atoms with E-state index in [0.29, 0.717) is 25.3 Å². The van der Waals surface area contributed by atoms with Crippen LogP contribution in [0.25, 0.3) is 11.1 Å². The van der Waals surface area contributed by atoms with E-state index in [2.05, 4.69) is 32.4 Å². The van der Waals surface area contributed by atoms with Crippen molar-refractivity contribution in [3.8, 4) is 11.1 Å². The van der Waals surface area contributed by atoms with E-state index in [4.69, 9.17) is 0 Å². The van der Waals surface area contributed by atoms with Crippen LogP contribution < -0.4 is 21.1 Å². The summed E-state index contributed by atoms with van der Waals surface area (Å²) in [4.78, 5) is 36.2. The Balaban J connectivity index is 1.75. The molecule has 8 heteroatoms. The van der Waals surface area contributed by atoms with Crippen LogP contribution in [0.15, 0.2) is 47.5 Å². The summed E-state index contributed by atoms with van der Waals surface area (Å²) in [6.07, 6.45) is 8.65. The van der Waals surface area contributed by atoms with E-state index in [-0.39, 0.29) is 17.5 Å². The maximum Gasteiger partial charge on any atom is 0.271 e. The maximum atomic E-state index is 12.7. The van der Waals surface area contributed by atoms with E-state index in [9.17, 15) is 9.59 Å². The number of pyridine rings is 2. The second kappa shape index (κ2) is 10.8. The standard InChI is InChI=1S/C23H32N6O2/c1-4-29(19-8-12-28(13-9-19)22(30)6-5-10-24-2)20-14-18(16-27-23(20)31)17-7-11-26-21(15-17)25-3/h5-7,11,14-16,19,24H,4,8-10,12-13H2,1-3H3,(H,25,26)(H,27,31)/b6-5+. The third-order valence-electron chi connectivity index (χ3n) is 5.68. The number of hydrogen-bond acceptors (Lipinski definition) is 6. The van der Waals surface area contributed by atoms with Gasteiger partial charge in [0.25, 0.3) is 5.56 Å². The van der Waals surface area contributed by atoms with E-state index >= 15 is 0 Å². The van der Waals surface area contributed by atoms with Gasteiger partial charge in [-0.05, 0) is 50.6 Å². The fourth-order valence-electron chi connectivity index (χ4n) is 4.00. The molecule has 1 saturated heterocycles. The summed E-state index contributed by atoms with van der Waals surface area (Å²) in [7, 11) is 3.68. The number of anilines is 2. The zero-order valence-corrected chi connectivity index (χ0v) is 18.5. The normalized spacial score (nSPS) is 14.7. The highest BCUT2D eigenvalue weighted by atomic mass is 16.2. The quantitative estimate of drug-likeness (QED) is 0.562. The zero-order valence-electron chi connectivity index (χ0n) is 18.5. The van der Waals surface area contributed by atoms with Gasteiger partial charge in [0.15, 0.2) is 0 Å². The van der Waals surface area contributed by atoms with E-state index < -0.39 is 0 Å². The van der Waals surface area contributed by atoms with Gasteiger partial charge in [-0.15, -0.1) is 0 Å². The Kier molecular flexibility index (Phi) is 7.83. The van der Waals surface area contributed by atoms with E-state index in [1.54, 1.807) is 18.5 Å². The van der Waals surface area contributed by atoms with E-state index in [1.807, 2.05) is 43.3 Å². The number of amides is 1. The molecule has 1 amide bonds. The maximum absolute atomic E-state index is 12.7. The predicted molar refractivity (Wildman–Crippen MR) is 126 cm³/mol. The molecule has 8 nitrogen and oxygen atoms in total. The van der Waals surface area contributed by atoms with Crippen LogP contribution in [0.2, 0.25) is 0 Å². The van der Waals surface area contributed by atoms with Crippen molar-refractivity contribution in [2.75, 3.05) is 50.5 Å². The van der Waals surface area contributed by atoms with Crippen LogP contribution in [0.4, 0.5) is 11.5 Å². The van der Waals surface area contributed by atoms with Crippen LogP contribution >= 0.6 is 0 Å². The van der Waals surface area contributed by atoms with Crippen molar-refractivity contribution in [1.29, 1.82) is 0 Å². The fraction of sp³-hybridized carbons (Fsp3) is 0.435. The van der Waals surface area contributed by atoms with Crippen molar-refractivity contribution >= 4 is 17.4 Å². The van der Waals surface area contributed by atoms with Crippen LogP contribution in [0.3, 0.4) is 0 Å². The Morgan fingerprint density at radius 3 is 2.74 bits per heavy atom. The van der Waals surface area contributed by atoms with Crippen molar-refractivity contribution in [1.82, 2.24) is 20.2 Å². The van der Waals surface area contributed by atoms with Gasteiger partial charge in [-0.2, -0.15) is 0 Å². The summed E-state index contributed by atoms with van der Waals surface area (Å²) in [5.41, 5.74) is 2.50. The average molecular weight is 425 g/mol. The van der Waals surface area contributed by atoms with Crippen LogP contribution in [-0.4, -0.2) is 67.1 Å². The zero-order chi connectivity index (χ0) is 22.2. The van der Waals surface area contributed by atoms with Gasteiger partial charge in [-0.3, -0.25) is 9.59 Å².